The molecule has 0 bridgehead atoms. The average molecular weight is 333 g/mol. The molecule has 1 N–H and O–H groups in total. The lowest BCUT2D eigenvalue weighted by Gasteiger charge is -2.29. The van der Waals surface area contributed by atoms with E-state index < -0.39 is 11.6 Å². The van der Waals surface area contributed by atoms with Gasteiger partial charge in [-0.1, -0.05) is 22.0 Å². The summed E-state index contributed by atoms with van der Waals surface area (Å²) in [6.45, 7) is 3.90. The Morgan fingerprint density at radius 3 is 2.75 bits per heavy atom. The van der Waals surface area contributed by atoms with Crippen LogP contribution in [0.1, 0.15) is 29.8 Å². The topological polar surface area (TPSA) is 46.5 Å². The van der Waals surface area contributed by atoms with Gasteiger partial charge in [-0.3, -0.25) is 0 Å². The quantitative estimate of drug-likeness (QED) is 0.837. The van der Waals surface area contributed by atoms with E-state index in [1.807, 2.05) is 44.2 Å². The van der Waals surface area contributed by atoms with Gasteiger partial charge in [-0.15, -0.1) is 0 Å². The Morgan fingerprint density at radius 1 is 1.30 bits per heavy atom. The van der Waals surface area contributed by atoms with Crippen molar-refractivity contribution in [3.8, 4) is 5.75 Å². The number of carboxylic acid groups (broad SMARTS) is 1. The first-order valence-corrected chi connectivity index (χ1v) is 7.04. The van der Waals surface area contributed by atoms with Gasteiger partial charge >= 0.3 is 5.97 Å². The van der Waals surface area contributed by atoms with Crippen LogP contribution in [0.3, 0.4) is 0 Å². The summed E-state index contributed by atoms with van der Waals surface area (Å²) in [6, 6.07) is 7.46. The molecule has 102 valence electrons. The predicted molar refractivity (Wildman–Crippen MR) is 82.3 cm³/mol. The molecule has 1 aliphatic rings. The van der Waals surface area contributed by atoms with Crippen molar-refractivity contribution in [3.63, 3.8) is 0 Å². The zero-order valence-electron chi connectivity index (χ0n) is 11.1. The molecule has 0 aromatic heterocycles. The molecule has 4 heteroatoms. The van der Waals surface area contributed by atoms with Gasteiger partial charge in [0.05, 0.1) is 5.56 Å². The molecule has 3 rings (SSSR count). The summed E-state index contributed by atoms with van der Waals surface area (Å²) in [5, 5.41) is 11.2. The minimum absolute atomic E-state index is 0.261. The lowest BCUT2D eigenvalue weighted by Crippen LogP contribution is -2.28. The minimum atomic E-state index is -0.948. The Balaban J connectivity index is 2.40. The summed E-state index contributed by atoms with van der Waals surface area (Å²) < 4.78 is 6.91. The van der Waals surface area contributed by atoms with Gasteiger partial charge in [-0.2, -0.15) is 0 Å². The zero-order chi connectivity index (χ0) is 14.5. The second-order valence-corrected chi connectivity index (χ2v) is 6.29. The van der Waals surface area contributed by atoms with E-state index in [-0.39, 0.29) is 5.56 Å². The van der Waals surface area contributed by atoms with Gasteiger partial charge in [0, 0.05) is 15.4 Å². The number of hydrogen-bond donors (Lipinski definition) is 1. The zero-order valence-corrected chi connectivity index (χ0v) is 12.7. The number of carboxylic acids is 1. The van der Waals surface area contributed by atoms with Crippen molar-refractivity contribution < 1.29 is 14.6 Å². The summed E-state index contributed by atoms with van der Waals surface area (Å²) in [5.74, 6) is -0.309. The van der Waals surface area contributed by atoms with Crippen LogP contribution in [0.25, 0.3) is 16.8 Å². The monoisotopic (exact) mass is 332 g/mol. The van der Waals surface area contributed by atoms with Crippen LogP contribution in [0.2, 0.25) is 0 Å². The molecule has 0 radical (unpaired) electrons. The SMILES string of the molecule is CC1(C)C=Cc2c(C(=O)O)cc3cc(Br)ccc3c2O1. The van der Waals surface area contributed by atoms with E-state index in [9.17, 15) is 9.90 Å². The summed E-state index contributed by atoms with van der Waals surface area (Å²) >= 11 is 3.41. The van der Waals surface area contributed by atoms with Crippen LogP contribution in [0.15, 0.2) is 34.8 Å². The fourth-order valence-corrected chi connectivity index (χ4v) is 2.77. The summed E-state index contributed by atoms with van der Waals surface area (Å²) in [4.78, 5) is 11.5. The molecular weight excluding hydrogens is 320 g/mol. The number of fused-ring (bicyclic) bond motifs is 3. The van der Waals surface area contributed by atoms with Crippen LogP contribution < -0.4 is 4.74 Å². The average Bonchev–Trinajstić information content (AvgIpc) is 2.36. The van der Waals surface area contributed by atoms with Crippen molar-refractivity contribution in [1.82, 2.24) is 0 Å². The molecule has 0 atom stereocenters. The molecule has 0 aliphatic carbocycles. The lowest BCUT2D eigenvalue weighted by atomic mass is 9.94. The molecule has 1 aliphatic heterocycles. The first kappa shape index (κ1) is 13.2. The maximum absolute atomic E-state index is 11.5. The highest BCUT2D eigenvalue weighted by atomic mass is 79.9. The first-order chi connectivity index (χ1) is 9.37. The van der Waals surface area contributed by atoms with Crippen molar-refractivity contribution in [2.24, 2.45) is 0 Å². The highest BCUT2D eigenvalue weighted by Crippen LogP contribution is 2.40. The van der Waals surface area contributed by atoms with Crippen molar-refractivity contribution >= 4 is 38.7 Å². The number of hydrogen-bond acceptors (Lipinski definition) is 2. The Hall–Kier alpha value is -1.81. The summed E-state index contributed by atoms with van der Waals surface area (Å²) in [7, 11) is 0. The molecule has 3 nitrogen and oxygen atoms in total. The van der Waals surface area contributed by atoms with Crippen LogP contribution in [0.5, 0.6) is 5.75 Å². The second-order valence-electron chi connectivity index (χ2n) is 5.38. The van der Waals surface area contributed by atoms with Crippen LogP contribution in [-0.4, -0.2) is 16.7 Å². The largest absolute Gasteiger partial charge is 0.482 e. The molecule has 0 amide bonds. The number of carbonyl (C=O) groups is 1. The minimum Gasteiger partial charge on any atom is -0.482 e. The van der Waals surface area contributed by atoms with Crippen molar-refractivity contribution in [2.45, 2.75) is 19.4 Å². The van der Waals surface area contributed by atoms with Gasteiger partial charge < -0.3 is 9.84 Å². The molecule has 2 aromatic rings. The molecule has 2 aromatic carbocycles. The van der Waals surface area contributed by atoms with Crippen molar-refractivity contribution in [1.29, 1.82) is 0 Å². The first-order valence-electron chi connectivity index (χ1n) is 6.25. The second kappa shape index (κ2) is 4.35. The fourth-order valence-electron chi connectivity index (χ4n) is 2.39. The van der Waals surface area contributed by atoms with E-state index >= 15 is 0 Å². The van der Waals surface area contributed by atoms with Crippen molar-refractivity contribution in [3.05, 3.63) is 45.9 Å². The Bertz CT molecular complexity index is 760. The molecule has 0 spiro atoms. The summed E-state index contributed by atoms with van der Waals surface area (Å²) in [5.41, 5.74) is 0.452. The van der Waals surface area contributed by atoms with Crippen LogP contribution in [0.4, 0.5) is 0 Å². The molecule has 0 saturated heterocycles. The van der Waals surface area contributed by atoms with Gasteiger partial charge in [0.1, 0.15) is 11.4 Å². The van der Waals surface area contributed by atoms with E-state index in [0.717, 1.165) is 15.2 Å². The van der Waals surface area contributed by atoms with Gasteiger partial charge in [0.15, 0.2) is 0 Å². The normalized spacial score (nSPS) is 15.8. The maximum atomic E-state index is 11.5. The summed E-state index contributed by atoms with van der Waals surface area (Å²) in [6.07, 6.45) is 3.72. The molecule has 0 fully saturated rings. The number of aromatic carboxylic acids is 1. The van der Waals surface area contributed by atoms with E-state index in [4.69, 9.17) is 4.74 Å². The number of ether oxygens (including phenoxy) is 1. The smallest absolute Gasteiger partial charge is 0.336 e. The Labute approximate surface area is 125 Å². The van der Waals surface area contributed by atoms with Gasteiger partial charge in [0.2, 0.25) is 0 Å². The maximum Gasteiger partial charge on any atom is 0.336 e. The molecule has 0 unspecified atom stereocenters. The van der Waals surface area contributed by atoms with Crippen molar-refractivity contribution in [2.75, 3.05) is 0 Å². The van der Waals surface area contributed by atoms with Gasteiger partial charge in [-0.25, -0.2) is 4.79 Å². The highest BCUT2D eigenvalue weighted by molar-refractivity contribution is 9.10. The third-order valence-corrected chi connectivity index (χ3v) is 3.83. The van der Waals surface area contributed by atoms with Crippen LogP contribution in [0, 0.1) is 0 Å². The van der Waals surface area contributed by atoms with E-state index in [1.165, 1.54) is 0 Å². The lowest BCUT2D eigenvalue weighted by molar-refractivity contribution is 0.0695. The Kier molecular flexibility index (Phi) is 2.87. The van der Waals surface area contributed by atoms with E-state index in [2.05, 4.69) is 15.9 Å². The molecule has 0 saturated carbocycles. The number of benzene rings is 2. The number of halogens is 1. The van der Waals surface area contributed by atoms with E-state index in [1.54, 1.807) is 6.07 Å². The third-order valence-electron chi connectivity index (χ3n) is 3.34. The molecular formula is C16H13BrO3. The Morgan fingerprint density at radius 2 is 2.05 bits per heavy atom. The highest BCUT2D eigenvalue weighted by Gasteiger charge is 2.27. The standard InChI is InChI=1S/C16H13BrO3/c1-16(2)6-5-12-13(15(18)19)8-9-7-10(17)3-4-11(9)14(12)20-16/h3-8H,1-2H3,(H,18,19). The third kappa shape index (κ3) is 2.10. The molecule has 20 heavy (non-hydrogen) atoms. The fraction of sp³-hybridized carbons (Fsp3) is 0.188. The van der Waals surface area contributed by atoms with Gasteiger partial charge in [-0.05, 0) is 49.6 Å². The van der Waals surface area contributed by atoms with E-state index in [0.29, 0.717) is 11.3 Å². The number of rotatable bonds is 1. The predicted octanol–water partition coefficient (Wildman–Crippen LogP) is 4.48. The molecule has 1 heterocycles. The van der Waals surface area contributed by atoms with Gasteiger partial charge in [0.25, 0.3) is 0 Å². The van der Waals surface area contributed by atoms with Crippen LogP contribution in [-0.2, 0) is 0 Å². The van der Waals surface area contributed by atoms with Crippen LogP contribution >= 0.6 is 15.9 Å².